The zero-order valence-corrected chi connectivity index (χ0v) is 13.8. The second kappa shape index (κ2) is 7.31. The third-order valence-corrected chi connectivity index (χ3v) is 4.04. The number of hydrogen-bond acceptors (Lipinski definition) is 6. The van der Waals surface area contributed by atoms with Gasteiger partial charge in [0, 0.05) is 38.4 Å². The quantitative estimate of drug-likeness (QED) is 0.815. The summed E-state index contributed by atoms with van der Waals surface area (Å²) < 4.78 is 5.17. The molecule has 25 heavy (non-hydrogen) atoms. The van der Waals surface area contributed by atoms with E-state index in [-0.39, 0.29) is 12.5 Å². The fraction of sp³-hybridized carbons (Fsp3) is 0.375. The third kappa shape index (κ3) is 3.77. The van der Waals surface area contributed by atoms with E-state index in [0.29, 0.717) is 48.8 Å². The van der Waals surface area contributed by atoms with Crippen LogP contribution in [-0.2, 0) is 4.79 Å². The highest BCUT2D eigenvalue weighted by molar-refractivity contribution is 6.02. The van der Waals surface area contributed by atoms with Gasteiger partial charge < -0.3 is 20.1 Å². The molecular formula is C16H19N5O4. The van der Waals surface area contributed by atoms with Crippen molar-refractivity contribution in [3.63, 3.8) is 0 Å². The minimum Gasteiger partial charge on any atom is -0.481 e. The first-order valence-electron chi connectivity index (χ1n) is 7.88. The molecule has 2 aromatic heterocycles. The largest absolute Gasteiger partial charge is 0.481 e. The van der Waals surface area contributed by atoms with Gasteiger partial charge in [-0.3, -0.25) is 14.7 Å². The van der Waals surface area contributed by atoms with E-state index in [2.05, 4.69) is 15.3 Å². The maximum Gasteiger partial charge on any atom is 0.404 e. The van der Waals surface area contributed by atoms with Gasteiger partial charge in [-0.2, -0.15) is 0 Å². The van der Waals surface area contributed by atoms with Crippen molar-refractivity contribution in [2.24, 2.45) is 0 Å². The predicted octanol–water partition coefficient (Wildman–Crippen LogP) is 0.555. The van der Waals surface area contributed by atoms with Crippen LogP contribution < -0.4 is 15.0 Å². The Morgan fingerprint density at radius 2 is 2.20 bits per heavy atom. The summed E-state index contributed by atoms with van der Waals surface area (Å²) in [5.74, 6) is 0.409. The summed E-state index contributed by atoms with van der Waals surface area (Å²) in [4.78, 5) is 35.4. The number of hydrogen-bond donors (Lipinski definition) is 2. The molecule has 1 aliphatic heterocycles. The Morgan fingerprint density at radius 1 is 1.36 bits per heavy atom. The molecule has 0 radical (unpaired) electrons. The zero-order chi connectivity index (χ0) is 17.8. The van der Waals surface area contributed by atoms with Crippen molar-refractivity contribution >= 4 is 28.7 Å². The molecule has 3 rings (SSSR count). The molecule has 0 unspecified atom stereocenters. The Labute approximate surface area is 144 Å². The van der Waals surface area contributed by atoms with Crippen LogP contribution in [0.2, 0.25) is 0 Å². The number of nitrogens with one attached hydrogen (secondary N) is 1. The Kier molecular flexibility index (Phi) is 4.94. The molecule has 0 aromatic carbocycles. The maximum absolute atomic E-state index is 12.6. The minimum absolute atomic E-state index is 0.0568. The molecule has 9 nitrogen and oxygen atoms in total. The van der Waals surface area contributed by atoms with Gasteiger partial charge in [-0.25, -0.2) is 9.78 Å². The standard InChI is InChI=1S/C16H19N5O4/c1-25-13-3-2-11-15(19-13)12(4-5-17-11)21-9-8-20(10-14(21)22)7-6-18-16(23)24/h2-5,18H,6-10H2,1H3,(H,23,24). The number of ether oxygens (including phenoxy) is 1. The molecule has 9 heteroatoms. The number of carbonyl (C=O) groups excluding carboxylic acids is 1. The fourth-order valence-electron chi connectivity index (χ4n) is 2.81. The Hall–Kier alpha value is -2.94. The Morgan fingerprint density at radius 3 is 2.92 bits per heavy atom. The van der Waals surface area contributed by atoms with E-state index in [1.165, 1.54) is 0 Å². The average molecular weight is 345 g/mol. The van der Waals surface area contributed by atoms with Crippen molar-refractivity contribution in [3.8, 4) is 5.88 Å². The van der Waals surface area contributed by atoms with Gasteiger partial charge in [-0.05, 0) is 12.1 Å². The number of carbonyl (C=O) groups is 2. The summed E-state index contributed by atoms with van der Waals surface area (Å²) in [7, 11) is 1.54. The third-order valence-electron chi connectivity index (χ3n) is 4.04. The summed E-state index contributed by atoms with van der Waals surface area (Å²) in [6.07, 6.45) is 0.593. The van der Waals surface area contributed by atoms with Crippen LogP contribution in [0, 0.1) is 0 Å². The smallest absolute Gasteiger partial charge is 0.404 e. The van der Waals surface area contributed by atoms with Gasteiger partial charge in [0.05, 0.1) is 24.9 Å². The van der Waals surface area contributed by atoms with E-state index in [9.17, 15) is 9.59 Å². The molecule has 0 spiro atoms. The van der Waals surface area contributed by atoms with Crippen molar-refractivity contribution in [1.29, 1.82) is 0 Å². The van der Waals surface area contributed by atoms with E-state index >= 15 is 0 Å². The van der Waals surface area contributed by atoms with Gasteiger partial charge in [-0.1, -0.05) is 0 Å². The van der Waals surface area contributed by atoms with Crippen LogP contribution in [0.15, 0.2) is 24.4 Å². The van der Waals surface area contributed by atoms with Crippen molar-refractivity contribution in [1.82, 2.24) is 20.2 Å². The number of anilines is 1. The molecule has 1 aliphatic rings. The highest BCUT2D eigenvalue weighted by atomic mass is 16.5. The lowest BCUT2D eigenvalue weighted by Crippen LogP contribution is -2.52. The van der Waals surface area contributed by atoms with Crippen LogP contribution in [0.3, 0.4) is 0 Å². The van der Waals surface area contributed by atoms with Crippen molar-refractivity contribution in [2.75, 3.05) is 44.7 Å². The van der Waals surface area contributed by atoms with Crippen LogP contribution in [-0.4, -0.2) is 71.8 Å². The monoisotopic (exact) mass is 345 g/mol. The highest BCUT2D eigenvalue weighted by Gasteiger charge is 2.26. The molecule has 2 amide bonds. The number of carboxylic acid groups (broad SMARTS) is 1. The number of amides is 2. The second-order valence-electron chi connectivity index (χ2n) is 5.60. The molecule has 1 fully saturated rings. The number of aromatic nitrogens is 2. The van der Waals surface area contributed by atoms with Gasteiger partial charge in [0.25, 0.3) is 0 Å². The van der Waals surface area contributed by atoms with Gasteiger partial charge in [-0.15, -0.1) is 0 Å². The zero-order valence-electron chi connectivity index (χ0n) is 13.8. The van der Waals surface area contributed by atoms with E-state index in [4.69, 9.17) is 9.84 Å². The minimum atomic E-state index is -1.06. The Bertz CT molecular complexity index is 797. The average Bonchev–Trinajstić information content (AvgIpc) is 2.61. The molecule has 0 bridgehead atoms. The lowest BCUT2D eigenvalue weighted by molar-refractivity contribution is -0.121. The van der Waals surface area contributed by atoms with Crippen LogP contribution >= 0.6 is 0 Å². The summed E-state index contributed by atoms with van der Waals surface area (Å²) in [5, 5.41) is 10.9. The van der Waals surface area contributed by atoms with Gasteiger partial charge in [0.2, 0.25) is 11.8 Å². The van der Waals surface area contributed by atoms with Crippen LogP contribution in [0.4, 0.5) is 10.5 Å². The SMILES string of the molecule is COc1ccc2nccc(N3CCN(CCNC(=O)O)CC3=O)c2n1. The molecule has 0 atom stereocenters. The molecule has 2 N–H and O–H groups in total. The maximum atomic E-state index is 12.6. The number of rotatable bonds is 5. The molecule has 3 heterocycles. The van der Waals surface area contributed by atoms with Crippen LogP contribution in [0.25, 0.3) is 11.0 Å². The molecule has 1 saturated heterocycles. The molecule has 0 saturated carbocycles. The number of methoxy groups -OCH3 is 1. The van der Waals surface area contributed by atoms with Gasteiger partial charge in [0.1, 0.15) is 5.52 Å². The van der Waals surface area contributed by atoms with Crippen molar-refractivity contribution in [3.05, 3.63) is 24.4 Å². The van der Waals surface area contributed by atoms with E-state index < -0.39 is 6.09 Å². The first kappa shape index (κ1) is 16.9. The van der Waals surface area contributed by atoms with Crippen LogP contribution in [0.1, 0.15) is 0 Å². The van der Waals surface area contributed by atoms with Crippen molar-refractivity contribution < 1.29 is 19.4 Å². The fourth-order valence-corrected chi connectivity index (χ4v) is 2.81. The summed E-state index contributed by atoms with van der Waals surface area (Å²) in [6, 6.07) is 5.31. The molecule has 132 valence electrons. The molecule has 0 aliphatic carbocycles. The topological polar surface area (TPSA) is 108 Å². The molecule has 2 aromatic rings. The molecular weight excluding hydrogens is 326 g/mol. The van der Waals surface area contributed by atoms with E-state index in [0.717, 1.165) is 0 Å². The number of nitrogens with zero attached hydrogens (tertiary/aromatic N) is 4. The van der Waals surface area contributed by atoms with Gasteiger partial charge >= 0.3 is 6.09 Å². The number of pyridine rings is 2. The van der Waals surface area contributed by atoms with Crippen LogP contribution in [0.5, 0.6) is 5.88 Å². The second-order valence-corrected chi connectivity index (χ2v) is 5.60. The Balaban J connectivity index is 1.76. The van der Waals surface area contributed by atoms with E-state index in [1.54, 1.807) is 30.3 Å². The summed E-state index contributed by atoms with van der Waals surface area (Å²) in [6.45, 7) is 2.18. The van der Waals surface area contributed by atoms with E-state index in [1.807, 2.05) is 11.0 Å². The summed E-state index contributed by atoms with van der Waals surface area (Å²) in [5.41, 5.74) is 2.02. The highest BCUT2D eigenvalue weighted by Crippen LogP contribution is 2.26. The normalized spacial score (nSPS) is 15.4. The first-order valence-corrected chi connectivity index (χ1v) is 7.88. The number of piperazine rings is 1. The number of fused-ring (bicyclic) bond motifs is 1. The first-order chi connectivity index (χ1) is 12.1. The lowest BCUT2D eigenvalue weighted by atomic mass is 10.2. The van der Waals surface area contributed by atoms with Crippen molar-refractivity contribution in [2.45, 2.75) is 0 Å². The summed E-state index contributed by atoms with van der Waals surface area (Å²) >= 11 is 0. The predicted molar refractivity (Wildman–Crippen MR) is 90.9 cm³/mol. The van der Waals surface area contributed by atoms with Gasteiger partial charge in [0.15, 0.2) is 0 Å². The lowest BCUT2D eigenvalue weighted by Gasteiger charge is -2.34.